The molecular formula is C21H24ClN2O3+. The summed E-state index contributed by atoms with van der Waals surface area (Å²) in [5.41, 5.74) is 3.41. The molecule has 3 rings (SSSR count). The summed E-state index contributed by atoms with van der Waals surface area (Å²) in [6.07, 6.45) is 1.30. The molecule has 27 heavy (non-hydrogen) atoms. The van der Waals surface area contributed by atoms with Crippen LogP contribution in [0, 0.1) is 0 Å². The normalized spacial score (nSPS) is 18.4. The summed E-state index contributed by atoms with van der Waals surface area (Å²) < 4.78 is 4.96. The second-order valence-electron chi connectivity index (χ2n) is 6.79. The lowest BCUT2D eigenvalue weighted by Gasteiger charge is -2.31. The number of benzene rings is 2. The summed E-state index contributed by atoms with van der Waals surface area (Å²) in [6, 6.07) is 15.3. The third-order valence-corrected chi connectivity index (χ3v) is 5.19. The molecule has 0 aromatic heterocycles. The van der Waals surface area contributed by atoms with Crippen molar-refractivity contribution in [3.05, 3.63) is 70.2 Å². The van der Waals surface area contributed by atoms with Crippen LogP contribution in [0.1, 0.15) is 16.7 Å². The molecule has 0 bridgehead atoms. The van der Waals surface area contributed by atoms with E-state index in [1.807, 2.05) is 42.5 Å². The summed E-state index contributed by atoms with van der Waals surface area (Å²) in [6.45, 7) is 1.41. The second-order valence-corrected chi connectivity index (χ2v) is 7.23. The van der Waals surface area contributed by atoms with Crippen LogP contribution in [0.4, 0.5) is 0 Å². The van der Waals surface area contributed by atoms with Crippen LogP contribution in [0.15, 0.2) is 48.5 Å². The smallest absolute Gasteiger partial charge is 0.365 e. The first-order valence-electron chi connectivity index (χ1n) is 9.07. The maximum atomic E-state index is 12.4. The maximum absolute atomic E-state index is 12.4. The first-order valence-corrected chi connectivity index (χ1v) is 9.45. The lowest BCUT2D eigenvalue weighted by molar-refractivity contribution is -0.924. The minimum atomic E-state index is -0.358. The molecule has 5 nitrogen and oxygen atoms in total. The Morgan fingerprint density at radius 2 is 1.96 bits per heavy atom. The van der Waals surface area contributed by atoms with Crippen LogP contribution >= 0.6 is 11.6 Å². The average molecular weight is 388 g/mol. The Morgan fingerprint density at radius 1 is 1.19 bits per heavy atom. The number of nitrogens with one attached hydrogen (secondary N) is 2. The van der Waals surface area contributed by atoms with Gasteiger partial charge in [-0.2, -0.15) is 0 Å². The lowest BCUT2D eigenvalue weighted by Crippen LogP contribution is -3.17. The molecule has 2 N–H and O–H groups in total. The molecule has 1 aliphatic rings. The molecule has 2 aromatic carbocycles. The van der Waals surface area contributed by atoms with Crippen molar-refractivity contribution in [1.29, 1.82) is 0 Å². The molecule has 2 aromatic rings. The zero-order valence-corrected chi connectivity index (χ0v) is 16.1. The Hall–Kier alpha value is -2.37. The van der Waals surface area contributed by atoms with Crippen LogP contribution in [0.3, 0.4) is 0 Å². The molecule has 0 saturated carbocycles. The molecular weight excluding hydrogens is 364 g/mol. The van der Waals surface area contributed by atoms with E-state index < -0.39 is 0 Å². The van der Waals surface area contributed by atoms with Gasteiger partial charge < -0.3 is 15.0 Å². The standard InChI is InChI=1S/C21H23ClN2O3/c1-27-21(26)19-12-16-6-2-3-7-17(16)13-24(19)14-20(25)23-10-9-15-5-4-8-18(22)11-15/h2-8,11,19H,9-10,12-14H2,1H3,(H,23,25)/p+1/t19-/m1/s1. The quantitative estimate of drug-likeness (QED) is 0.732. The van der Waals surface area contributed by atoms with Crippen molar-refractivity contribution in [2.75, 3.05) is 20.2 Å². The molecule has 1 amide bonds. The number of hydrogen-bond donors (Lipinski definition) is 2. The van der Waals surface area contributed by atoms with Crippen molar-refractivity contribution < 1.29 is 19.2 Å². The number of halogens is 1. The molecule has 0 spiro atoms. The van der Waals surface area contributed by atoms with Gasteiger partial charge in [-0.1, -0.05) is 48.0 Å². The summed E-state index contributed by atoms with van der Waals surface area (Å²) in [7, 11) is 1.39. The summed E-state index contributed by atoms with van der Waals surface area (Å²) in [4.78, 5) is 25.6. The summed E-state index contributed by atoms with van der Waals surface area (Å²) in [5.74, 6) is -0.341. The van der Waals surface area contributed by atoms with Gasteiger partial charge in [-0.25, -0.2) is 4.79 Å². The molecule has 0 radical (unpaired) electrons. The fourth-order valence-corrected chi connectivity index (χ4v) is 3.76. The van der Waals surface area contributed by atoms with Gasteiger partial charge in [-0.15, -0.1) is 0 Å². The highest BCUT2D eigenvalue weighted by molar-refractivity contribution is 6.30. The van der Waals surface area contributed by atoms with Crippen LogP contribution < -0.4 is 10.2 Å². The largest absolute Gasteiger partial charge is 0.465 e. The van der Waals surface area contributed by atoms with E-state index >= 15 is 0 Å². The van der Waals surface area contributed by atoms with E-state index in [0.29, 0.717) is 31.0 Å². The first kappa shape index (κ1) is 19.4. The number of carbonyl (C=O) groups is 2. The Balaban J connectivity index is 1.58. The van der Waals surface area contributed by atoms with Gasteiger partial charge in [-0.05, 0) is 29.7 Å². The number of esters is 1. The predicted molar refractivity (Wildman–Crippen MR) is 104 cm³/mol. The highest BCUT2D eigenvalue weighted by Gasteiger charge is 2.36. The maximum Gasteiger partial charge on any atom is 0.365 e. The Labute approximate surface area is 164 Å². The molecule has 142 valence electrons. The van der Waals surface area contributed by atoms with E-state index in [1.165, 1.54) is 12.7 Å². The number of rotatable bonds is 6. The Bertz CT molecular complexity index is 825. The first-order chi connectivity index (χ1) is 13.1. The molecule has 0 fully saturated rings. The van der Waals surface area contributed by atoms with Crippen molar-refractivity contribution in [2.24, 2.45) is 0 Å². The van der Waals surface area contributed by atoms with Crippen LogP contribution in [0.25, 0.3) is 0 Å². The lowest BCUT2D eigenvalue weighted by atomic mass is 9.94. The van der Waals surface area contributed by atoms with Gasteiger partial charge in [0.05, 0.1) is 7.11 Å². The number of hydrogen-bond acceptors (Lipinski definition) is 3. The zero-order valence-electron chi connectivity index (χ0n) is 15.3. The van der Waals surface area contributed by atoms with Gasteiger partial charge in [0, 0.05) is 23.6 Å². The number of ether oxygens (including phenoxy) is 1. The third-order valence-electron chi connectivity index (χ3n) is 4.95. The monoisotopic (exact) mass is 387 g/mol. The van der Waals surface area contributed by atoms with Crippen LogP contribution in [0.2, 0.25) is 5.02 Å². The van der Waals surface area contributed by atoms with Gasteiger partial charge >= 0.3 is 5.97 Å². The van der Waals surface area contributed by atoms with E-state index in [2.05, 4.69) is 11.4 Å². The molecule has 1 unspecified atom stereocenters. The van der Waals surface area contributed by atoms with Crippen LogP contribution in [-0.4, -0.2) is 38.1 Å². The van der Waals surface area contributed by atoms with Crippen molar-refractivity contribution >= 4 is 23.5 Å². The van der Waals surface area contributed by atoms with E-state index in [-0.39, 0.29) is 24.5 Å². The average Bonchev–Trinajstić information content (AvgIpc) is 2.67. The number of fused-ring (bicyclic) bond motifs is 1. The van der Waals surface area contributed by atoms with E-state index in [0.717, 1.165) is 16.0 Å². The Morgan fingerprint density at radius 3 is 2.70 bits per heavy atom. The summed E-state index contributed by atoms with van der Waals surface area (Å²) >= 11 is 5.98. The number of carbonyl (C=O) groups excluding carboxylic acids is 2. The van der Waals surface area contributed by atoms with E-state index in [4.69, 9.17) is 16.3 Å². The van der Waals surface area contributed by atoms with Crippen molar-refractivity contribution in [3.8, 4) is 0 Å². The highest BCUT2D eigenvalue weighted by Crippen LogP contribution is 2.14. The number of quaternary nitrogens is 1. The van der Waals surface area contributed by atoms with Gasteiger partial charge in [0.1, 0.15) is 6.54 Å². The SMILES string of the molecule is COC(=O)[C@H]1Cc2ccccc2C[NH+]1CC(=O)NCCc1cccc(Cl)c1. The van der Waals surface area contributed by atoms with Crippen molar-refractivity contribution in [1.82, 2.24) is 5.32 Å². The Kier molecular flexibility index (Phi) is 6.48. The topological polar surface area (TPSA) is 59.8 Å². The third kappa shape index (κ3) is 5.08. The molecule has 1 heterocycles. The molecule has 0 aliphatic carbocycles. The summed E-state index contributed by atoms with van der Waals surface area (Å²) in [5, 5.41) is 3.64. The molecule has 0 saturated heterocycles. The molecule has 6 heteroatoms. The van der Waals surface area contributed by atoms with Crippen LogP contribution in [-0.2, 0) is 33.7 Å². The van der Waals surface area contributed by atoms with E-state index in [1.54, 1.807) is 0 Å². The highest BCUT2D eigenvalue weighted by atomic mass is 35.5. The van der Waals surface area contributed by atoms with Gasteiger partial charge in [-0.3, -0.25) is 4.79 Å². The van der Waals surface area contributed by atoms with Crippen molar-refractivity contribution in [3.63, 3.8) is 0 Å². The molecule has 1 aliphatic heterocycles. The number of methoxy groups -OCH3 is 1. The fraction of sp³-hybridized carbons (Fsp3) is 0.333. The van der Waals surface area contributed by atoms with E-state index in [9.17, 15) is 9.59 Å². The predicted octanol–water partition coefficient (Wildman–Crippen LogP) is 1.18. The minimum Gasteiger partial charge on any atom is -0.465 e. The zero-order chi connectivity index (χ0) is 19.2. The van der Waals surface area contributed by atoms with Gasteiger partial charge in [0.25, 0.3) is 5.91 Å². The van der Waals surface area contributed by atoms with Gasteiger partial charge in [0.15, 0.2) is 12.6 Å². The van der Waals surface area contributed by atoms with Crippen LogP contribution in [0.5, 0.6) is 0 Å². The molecule has 2 atom stereocenters. The van der Waals surface area contributed by atoms with Gasteiger partial charge in [0.2, 0.25) is 0 Å². The second kappa shape index (κ2) is 9.02. The number of amides is 1. The van der Waals surface area contributed by atoms with Crippen molar-refractivity contribution in [2.45, 2.75) is 25.4 Å². The minimum absolute atomic E-state index is 0.0692. The fourth-order valence-electron chi connectivity index (χ4n) is 3.55.